The lowest BCUT2D eigenvalue weighted by molar-refractivity contribution is -0.128. The van der Waals surface area contributed by atoms with Crippen LogP contribution in [0, 0.1) is 6.92 Å². The average molecular weight is 452 g/mol. The van der Waals surface area contributed by atoms with E-state index in [1.807, 2.05) is 30.0 Å². The molecule has 27 heavy (non-hydrogen) atoms. The standard InChI is InChI=1S/C20H22BrNO4S/c1-3-27(24,25)16-9-10-18(17(21)12-16)26-20-14(2)6-4-7-15(20)13-22-11-5-8-19(22)23/h4,6-7,9-10,12H,3,5,8,11,13H2,1-2H3. The molecule has 1 heterocycles. The number of rotatable bonds is 6. The van der Waals surface area contributed by atoms with Crippen LogP contribution in [0.3, 0.4) is 0 Å². The Morgan fingerprint density at radius 3 is 2.63 bits per heavy atom. The second-order valence-electron chi connectivity index (χ2n) is 6.58. The van der Waals surface area contributed by atoms with Gasteiger partial charge in [0.15, 0.2) is 9.84 Å². The van der Waals surface area contributed by atoms with E-state index in [-0.39, 0.29) is 16.6 Å². The van der Waals surface area contributed by atoms with Gasteiger partial charge >= 0.3 is 0 Å². The van der Waals surface area contributed by atoms with E-state index in [0.717, 1.165) is 24.1 Å². The van der Waals surface area contributed by atoms with Crippen LogP contribution >= 0.6 is 15.9 Å². The molecule has 3 rings (SSSR count). The molecule has 0 aromatic heterocycles. The van der Waals surface area contributed by atoms with E-state index in [2.05, 4.69) is 15.9 Å². The van der Waals surface area contributed by atoms with Gasteiger partial charge in [0, 0.05) is 25.1 Å². The fourth-order valence-corrected chi connectivity index (χ4v) is 4.61. The Labute approximate surface area is 168 Å². The first kappa shape index (κ1) is 19.9. The molecule has 2 aromatic rings. The topological polar surface area (TPSA) is 63.7 Å². The largest absolute Gasteiger partial charge is 0.456 e. The number of halogens is 1. The first-order chi connectivity index (χ1) is 12.8. The van der Waals surface area contributed by atoms with Gasteiger partial charge in [-0.25, -0.2) is 8.42 Å². The van der Waals surface area contributed by atoms with Crippen molar-refractivity contribution in [2.75, 3.05) is 12.3 Å². The number of sulfone groups is 1. The quantitative estimate of drug-likeness (QED) is 0.649. The third kappa shape index (κ3) is 4.35. The van der Waals surface area contributed by atoms with Crippen LogP contribution in [0.15, 0.2) is 45.8 Å². The number of hydrogen-bond donors (Lipinski definition) is 0. The predicted molar refractivity (Wildman–Crippen MR) is 108 cm³/mol. The second-order valence-corrected chi connectivity index (χ2v) is 9.71. The van der Waals surface area contributed by atoms with Gasteiger partial charge in [-0.05, 0) is 53.0 Å². The van der Waals surface area contributed by atoms with Gasteiger partial charge in [-0.1, -0.05) is 25.1 Å². The number of amides is 1. The Kier molecular flexibility index (Phi) is 5.91. The Morgan fingerprint density at radius 2 is 2.00 bits per heavy atom. The average Bonchev–Trinajstić information content (AvgIpc) is 3.04. The van der Waals surface area contributed by atoms with Gasteiger partial charge in [-0.15, -0.1) is 0 Å². The molecule has 1 saturated heterocycles. The third-order valence-corrected chi connectivity index (χ3v) is 7.03. The predicted octanol–water partition coefficient (Wildman–Crippen LogP) is 4.47. The molecule has 0 bridgehead atoms. The molecule has 1 aliphatic rings. The summed E-state index contributed by atoms with van der Waals surface area (Å²) in [7, 11) is -3.28. The molecule has 0 N–H and O–H groups in total. The van der Waals surface area contributed by atoms with Crippen molar-refractivity contribution in [3.8, 4) is 11.5 Å². The molecule has 0 spiro atoms. The smallest absolute Gasteiger partial charge is 0.222 e. The molecule has 1 fully saturated rings. The minimum absolute atomic E-state index is 0.0471. The van der Waals surface area contributed by atoms with Crippen molar-refractivity contribution in [2.45, 2.75) is 38.1 Å². The van der Waals surface area contributed by atoms with Crippen LogP contribution in [0.25, 0.3) is 0 Å². The van der Waals surface area contributed by atoms with Crippen LogP contribution in [0.4, 0.5) is 0 Å². The summed E-state index contributed by atoms with van der Waals surface area (Å²) < 4.78 is 30.8. The molecule has 7 heteroatoms. The number of benzene rings is 2. The molecule has 0 radical (unpaired) electrons. The van der Waals surface area contributed by atoms with Gasteiger partial charge in [0.2, 0.25) is 5.91 Å². The highest BCUT2D eigenvalue weighted by molar-refractivity contribution is 9.10. The zero-order chi connectivity index (χ0) is 19.6. The maximum Gasteiger partial charge on any atom is 0.222 e. The Bertz CT molecular complexity index is 972. The van der Waals surface area contributed by atoms with Crippen molar-refractivity contribution in [2.24, 2.45) is 0 Å². The molecule has 5 nitrogen and oxygen atoms in total. The molecule has 144 valence electrons. The highest BCUT2D eigenvalue weighted by Gasteiger charge is 2.22. The number of aryl methyl sites for hydroxylation is 1. The lowest BCUT2D eigenvalue weighted by atomic mass is 10.1. The number of nitrogens with zero attached hydrogens (tertiary/aromatic N) is 1. The number of ether oxygens (including phenoxy) is 1. The van der Waals surface area contributed by atoms with Gasteiger partial charge in [0.05, 0.1) is 15.1 Å². The van der Waals surface area contributed by atoms with Crippen molar-refractivity contribution in [3.05, 3.63) is 52.0 Å². The SMILES string of the molecule is CCS(=O)(=O)c1ccc(Oc2c(C)cccc2CN2CCCC2=O)c(Br)c1. The monoisotopic (exact) mass is 451 g/mol. The molecule has 0 unspecified atom stereocenters. The Morgan fingerprint density at radius 1 is 1.22 bits per heavy atom. The van der Waals surface area contributed by atoms with Crippen molar-refractivity contribution in [1.29, 1.82) is 0 Å². The summed E-state index contributed by atoms with van der Waals surface area (Å²) >= 11 is 3.42. The van der Waals surface area contributed by atoms with E-state index >= 15 is 0 Å². The van der Waals surface area contributed by atoms with Crippen LogP contribution in [-0.4, -0.2) is 31.5 Å². The van der Waals surface area contributed by atoms with Crippen LogP contribution in [-0.2, 0) is 21.2 Å². The fraction of sp³-hybridized carbons (Fsp3) is 0.350. The minimum Gasteiger partial charge on any atom is -0.456 e. The van der Waals surface area contributed by atoms with Crippen LogP contribution in [0.5, 0.6) is 11.5 Å². The molecule has 1 amide bonds. The van der Waals surface area contributed by atoms with Crippen molar-refractivity contribution in [1.82, 2.24) is 4.90 Å². The van der Waals surface area contributed by atoms with E-state index in [0.29, 0.717) is 28.9 Å². The number of carbonyl (C=O) groups excluding carboxylic acids is 1. The third-order valence-electron chi connectivity index (χ3n) is 4.68. The highest BCUT2D eigenvalue weighted by Crippen LogP contribution is 2.36. The number of carbonyl (C=O) groups is 1. The van der Waals surface area contributed by atoms with E-state index in [9.17, 15) is 13.2 Å². The van der Waals surface area contributed by atoms with Gasteiger partial charge in [-0.2, -0.15) is 0 Å². The molecule has 2 aromatic carbocycles. The summed E-state index contributed by atoms with van der Waals surface area (Å²) in [4.78, 5) is 14.1. The van der Waals surface area contributed by atoms with Crippen molar-refractivity contribution in [3.63, 3.8) is 0 Å². The van der Waals surface area contributed by atoms with E-state index in [4.69, 9.17) is 4.74 Å². The summed E-state index contributed by atoms with van der Waals surface area (Å²) in [6.45, 7) is 4.84. The summed E-state index contributed by atoms with van der Waals surface area (Å²) in [6.07, 6.45) is 1.49. The summed E-state index contributed by atoms with van der Waals surface area (Å²) in [5.41, 5.74) is 1.89. The number of hydrogen-bond acceptors (Lipinski definition) is 4. The lowest BCUT2D eigenvalue weighted by Gasteiger charge is -2.20. The van der Waals surface area contributed by atoms with Gasteiger partial charge in [0.1, 0.15) is 11.5 Å². The van der Waals surface area contributed by atoms with E-state index in [1.54, 1.807) is 25.1 Å². The maximum absolute atomic E-state index is 12.1. The van der Waals surface area contributed by atoms with Crippen LogP contribution < -0.4 is 4.74 Å². The molecule has 0 aliphatic carbocycles. The number of para-hydroxylation sites is 1. The van der Waals surface area contributed by atoms with Crippen molar-refractivity contribution < 1.29 is 17.9 Å². The summed E-state index contributed by atoms with van der Waals surface area (Å²) in [5, 5.41) is 0. The lowest BCUT2D eigenvalue weighted by Crippen LogP contribution is -2.24. The zero-order valence-corrected chi connectivity index (χ0v) is 17.8. The van der Waals surface area contributed by atoms with E-state index in [1.165, 1.54) is 0 Å². The Balaban J connectivity index is 1.90. The van der Waals surface area contributed by atoms with Crippen LogP contribution in [0.2, 0.25) is 0 Å². The molecular formula is C20H22BrNO4S. The van der Waals surface area contributed by atoms with E-state index < -0.39 is 9.84 Å². The fourth-order valence-electron chi connectivity index (χ4n) is 3.10. The summed E-state index contributed by atoms with van der Waals surface area (Å²) in [5.74, 6) is 1.45. The van der Waals surface area contributed by atoms with Crippen LogP contribution in [0.1, 0.15) is 30.9 Å². The maximum atomic E-state index is 12.1. The molecule has 0 atom stereocenters. The van der Waals surface area contributed by atoms with Gasteiger partial charge < -0.3 is 9.64 Å². The minimum atomic E-state index is -3.28. The zero-order valence-electron chi connectivity index (χ0n) is 15.4. The first-order valence-electron chi connectivity index (χ1n) is 8.88. The molecule has 1 aliphatic heterocycles. The Hall–Kier alpha value is -1.86. The van der Waals surface area contributed by atoms with Gasteiger partial charge in [-0.3, -0.25) is 4.79 Å². The van der Waals surface area contributed by atoms with Crippen molar-refractivity contribution >= 4 is 31.7 Å². The number of likely N-dealkylation sites (tertiary alicyclic amines) is 1. The van der Waals surface area contributed by atoms with Gasteiger partial charge in [0.25, 0.3) is 0 Å². The second kappa shape index (κ2) is 8.02. The first-order valence-corrected chi connectivity index (χ1v) is 11.3. The highest BCUT2D eigenvalue weighted by atomic mass is 79.9. The normalized spacial score (nSPS) is 14.6. The molecule has 0 saturated carbocycles. The summed E-state index contributed by atoms with van der Waals surface area (Å²) in [6, 6.07) is 10.6. The molecular weight excluding hydrogens is 430 g/mol.